The smallest absolute Gasteiger partial charge is 0.262 e. The Morgan fingerprint density at radius 3 is 2.52 bits per heavy atom. The van der Waals surface area contributed by atoms with E-state index in [4.69, 9.17) is 4.74 Å². The van der Waals surface area contributed by atoms with Crippen molar-refractivity contribution in [1.29, 1.82) is 0 Å². The molecular formula is C15H12F3NO2. The Bertz CT molecular complexity index is 674. The summed E-state index contributed by atoms with van der Waals surface area (Å²) in [5.41, 5.74) is 0.726. The van der Waals surface area contributed by atoms with E-state index in [1.807, 2.05) is 0 Å². The number of rotatable bonds is 4. The molecule has 0 spiro atoms. The van der Waals surface area contributed by atoms with Gasteiger partial charge in [0.05, 0.1) is 0 Å². The Morgan fingerprint density at radius 2 is 1.86 bits per heavy atom. The van der Waals surface area contributed by atoms with Crippen molar-refractivity contribution in [3.05, 3.63) is 59.4 Å². The van der Waals surface area contributed by atoms with E-state index in [9.17, 15) is 18.0 Å². The zero-order chi connectivity index (χ0) is 15.4. The number of ether oxygens (including phenoxy) is 1. The first-order chi connectivity index (χ1) is 9.95. The van der Waals surface area contributed by atoms with Crippen LogP contribution in [0.4, 0.5) is 18.9 Å². The number of carbonyl (C=O) groups is 1. The lowest BCUT2D eigenvalue weighted by Crippen LogP contribution is -2.20. The van der Waals surface area contributed by atoms with Gasteiger partial charge in [-0.15, -0.1) is 0 Å². The van der Waals surface area contributed by atoms with Crippen molar-refractivity contribution < 1.29 is 22.7 Å². The summed E-state index contributed by atoms with van der Waals surface area (Å²) >= 11 is 0. The summed E-state index contributed by atoms with van der Waals surface area (Å²) in [6, 6.07) is 6.99. The third kappa shape index (κ3) is 3.98. The van der Waals surface area contributed by atoms with Gasteiger partial charge in [0, 0.05) is 11.8 Å². The molecule has 0 unspecified atom stereocenters. The summed E-state index contributed by atoms with van der Waals surface area (Å²) in [5, 5.41) is 2.41. The summed E-state index contributed by atoms with van der Waals surface area (Å²) in [7, 11) is 0. The Labute approximate surface area is 119 Å². The fraction of sp³-hybridized carbons (Fsp3) is 0.133. The zero-order valence-electron chi connectivity index (χ0n) is 11.1. The predicted octanol–water partition coefficient (Wildman–Crippen LogP) is 3.43. The average Bonchev–Trinajstić information content (AvgIpc) is 2.42. The van der Waals surface area contributed by atoms with E-state index in [-0.39, 0.29) is 11.4 Å². The van der Waals surface area contributed by atoms with Gasteiger partial charge in [-0.2, -0.15) is 0 Å². The van der Waals surface area contributed by atoms with Crippen LogP contribution >= 0.6 is 0 Å². The molecule has 0 bridgehead atoms. The van der Waals surface area contributed by atoms with Gasteiger partial charge in [0.2, 0.25) is 0 Å². The fourth-order valence-electron chi connectivity index (χ4n) is 1.60. The molecule has 0 aromatic heterocycles. The maximum absolute atomic E-state index is 13.3. The molecule has 0 aliphatic rings. The second-order valence-electron chi connectivity index (χ2n) is 4.38. The summed E-state index contributed by atoms with van der Waals surface area (Å²) in [5.74, 6) is -2.90. The SMILES string of the molecule is Cc1ccc(NC(=O)COc2ccc(F)cc2F)cc1F. The number of hydrogen-bond donors (Lipinski definition) is 1. The number of benzene rings is 2. The lowest BCUT2D eigenvalue weighted by Gasteiger charge is -2.08. The van der Waals surface area contributed by atoms with Gasteiger partial charge < -0.3 is 10.1 Å². The topological polar surface area (TPSA) is 38.3 Å². The van der Waals surface area contributed by atoms with Gasteiger partial charge in [0.15, 0.2) is 18.2 Å². The molecule has 0 saturated heterocycles. The third-order valence-electron chi connectivity index (χ3n) is 2.71. The number of amides is 1. The van der Waals surface area contributed by atoms with E-state index < -0.39 is 30.0 Å². The summed E-state index contributed by atoms with van der Waals surface area (Å²) in [6.45, 7) is 1.12. The van der Waals surface area contributed by atoms with E-state index in [2.05, 4.69) is 5.32 Å². The molecule has 0 radical (unpaired) electrons. The Kier molecular flexibility index (Phi) is 4.47. The van der Waals surface area contributed by atoms with Crippen LogP contribution in [0, 0.1) is 24.4 Å². The fourth-order valence-corrected chi connectivity index (χ4v) is 1.60. The van der Waals surface area contributed by atoms with E-state index >= 15 is 0 Å². The molecule has 2 rings (SSSR count). The van der Waals surface area contributed by atoms with Gasteiger partial charge >= 0.3 is 0 Å². The minimum absolute atomic E-state index is 0.235. The van der Waals surface area contributed by atoms with Crippen LogP contribution in [0.2, 0.25) is 0 Å². The minimum atomic E-state index is -0.899. The zero-order valence-corrected chi connectivity index (χ0v) is 11.1. The highest BCUT2D eigenvalue weighted by atomic mass is 19.1. The first-order valence-electron chi connectivity index (χ1n) is 6.09. The van der Waals surface area contributed by atoms with Crippen molar-refractivity contribution in [1.82, 2.24) is 0 Å². The predicted molar refractivity (Wildman–Crippen MR) is 71.6 cm³/mol. The number of halogens is 3. The highest BCUT2D eigenvalue weighted by Crippen LogP contribution is 2.18. The van der Waals surface area contributed by atoms with Gasteiger partial charge in [-0.25, -0.2) is 13.2 Å². The Morgan fingerprint density at radius 1 is 1.10 bits per heavy atom. The molecule has 0 saturated carbocycles. The number of aryl methyl sites for hydroxylation is 1. The highest BCUT2D eigenvalue weighted by Gasteiger charge is 2.09. The van der Waals surface area contributed by atoms with Gasteiger partial charge in [-0.3, -0.25) is 4.79 Å². The summed E-state index contributed by atoms with van der Waals surface area (Å²) < 4.78 is 44.2. The quantitative estimate of drug-likeness (QED) is 0.938. The molecule has 1 amide bonds. The second-order valence-corrected chi connectivity index (χ2v) is 4.38. The van der Waals surface area contributed by atoms with Crippen molar-refractivity contribution in [3.8, 4) is 5.75 Å². The van der Waals surface area contributed by atoms with Crippen LogP contribution in [-0.4, -0.2) is 12.5 Å². The van der Waals surface area contributed by atoms with Crippen molar-refractivity contribution in [3.63, 3.8) is 0 Å². The standard InChI is InChI=1S/C15H12F3NO2/c1-9-2-4-11(7-12(9)17)19-15(20)8-21-14-5-3-10(16)6-13(14)18/h2-7H,8H2,1H3,(H,19,20). The number of anilines is 1. The largest absolute Gasteiger partial charge is 0.481 e. The monoisotopic (exact) mass is 295 g/mol. The molecule has 0 heterocycles. The van der Waals surface area contributed by atoms with Crippen LogP contribution in [0.3, 0.4) is 0 Å². The van der Waals surface area contributed by atoms with E-state index in [1.165, 1.54) is 18.2 Å². The van der Waals surface area contributed by atoms with E-state index in [0.717, 1.165) is 12.1 Å². The number of nitrogens with one attached hydrogen (secondary N) is 1. The summed E-state index contributed by atoms with van der Waals surface area (Å²) in [4.78, 5) is 11.6. The van der Waals surface area contributed by atoms with Crippen molar-refractivity contribution in [2.75, 3.05) is 11.9 Å². The molecule has 110 valence electrons. The van der Waals surface area contributed by atoms with Crippen molar-refractivity contribution >= 4 is 11.6 Å². The van der Waals surface area contributed by atoms with Gasteiger partial charge in [-0.05, 0) is 36.8 Å². The molecule has 0 atom stereocenters. The maximum atomic E-state index is 13.3. The molecule has 0 aliphatic heterocycles. The van der Waals surface area contributed by atoms with Gasteiger partial charge in [-0.1, -0.05) is 6.07 Å². The molecule has 2 aromatic carbocycles. The van der Waals surface area contributed by atoms with Crippen LogP contribution in [-0.2, 0) is 4.79 Å². The number of carbonyl (C=O) groups excluding carboxylic acids is 1. The molecule has 21 heavy (non-hydrogen) atoms. The van der Waals surface area contributed by atoms with Gasteiger partial charge in [0.25, 0.3) is 5.91 Å². The van der Waals surface area contributed by atoms with Crippen molar-refractivity contribution in [2.24, 2.45) is 0 Å². The summed E-state index contributed by atoms with van der Waals surface area (Å²) in [6.07, 6.45) is 0. The van der Waals surface area contributed by atoms with Crippen molar-refractivity contribution in [2.45, 2.75) is 6.92 Å². The van der Waals surface area contributed by atoms with E-state index in [0.29, 0.717) is 11.6 Å². The second kappa shape index (κ2) is 6.30. The maximum Gasteiger partial charge on any atom is 0.262 e. The lowest BCUT2D eigenvalue weighted by molar-refractivity contribution is -0.118. The molecule has 6 heteroatoms. The molecular weight excluding hydrogens is 283 g/mol. The first-order valence-corrected chi connectivity index (χ1v) is 6.09. The normalized spacial score (nSPS) is 10.3. The first kappa shape index (κ1) is 14.9. The third-order valence-corrected chi connectivity index (χ3v) is 2.71. The molecule has 3 nitrogen and oxygen atoms in total. The van der Waals surface area contributed by atoms with Crippen LogP contribution in [0.15, 0.2) is 36.4 Å². The minimum Gasteiger partial charge on any atom is -0.481 e. The molecule has 0 fully saturated rings. The van der Waals surface area contributed by atoms with Gasteiger partial charge in [0.1, 0.15) is 11.6 Å². The van der Waals surface area contributed by atoms with Crippen LogP contribution in [0.1, 0.15) is 5.56 Å². The Balaban J connectivity index is 1.94. The van der Waals surface area contributed by atoms with E-state index in [1.54, 1.807) is 6.92 Å². The highest BCUT2D eigenvalue weighted by molar-refractivity contribution is 5.91. The molecule has 1 N–H and O–H groups in total. The number of hydrogen-bond acceptors (Lipinski definition) is 2. The van der Waals surface area contributed by atoms with Crippen LogP contribution in [0.5, 0.6) is 5.75 Å². The van der Waals surface area contributed by atoms with Crippen LogP contribution in [0.25, 0.3) is 0 Å². The molecule has 0 aliphatic carbocycles. The lowest BCUT2D eigenvalue weighted by atomic mass is 10.2. The van der Waals surface area contributed by atoms with Crippen LogP contribution < -0.4 is 10.1 Å². The average molecular weight is 295 g/mol. The molecule has 2 aromatic rings. The Hall–Kier alpha value is -2.50.